The van der Waals surface area contributed by atoms with Gasteiger partial charge in [0, 0.05) is 37.8 Å². The number of hydrogen-bond acceptors (Lipinski definition) is 3. The molecule has 3 rings (SSSR count). The molecule has 1 aliphatic carbocycles. The Kier molecular flexibility index (Phi) is 5.26. The first kappa shape index (κ1) is 15.6. The first-order chi connectivity index (χ1) is 11.3. The molecular weight excluding hydrogens is 292 g/mol. The zero-order valence-corrected chi connectivity index (χ0v) is 13.1. The number of aromatic nitrogens is 2. The summed E-state index contributed by atoms with van der Waals surface area (Å²) in [6.07, 6.45) is 7.02. The topological polar surface area (TPSA) is 68.2 Å². The predicted molar refractivity (Wildman–Crippen MR) is 88.7 cm³/mol. The van der Waals surface area contributed by atoms with Crippen molar-refractivity contribution in [2.45, 2.75) is 19.3 Å². The highest BCUT2D eigenvalue weighted by atomic mass is 16.5. The van der Waals surface area contributed by atoms with Gasteiger partial charge in [-0.15, -0.1) is 0 Å². The second-order valence-electron chi connectivity index (χ2n) is 5.75. The van der Waals surface area contributed by atoms with Crippen LogP contribution in [0.15, 0.2) is 42.7 Å². The zero-order chi connectivity index (χ0) is 15.9. The van der Waals surface area contributed by atoms with Crippen LogP contribution in [0.1, 0.15) is 19.3 Å². The maximum atomic E-state index is 11.9. The van der Waals surface area contributed by atoms with E-state index in [1.165, 1.54) is 12.8 Å². The summed E-state index contributed by atoms with van der Waals surface area (Å²) in [4.78, 5) is 11.9. The summed E-state index contributed by atoms with van der Waals surface area (Å²) < 4.78 is 7.28. The van der Waals surface area contributed by atoms with E-state index in [2.05, 4.69) is 15.7 Å². The Morgan fingerprint density at radius 2 is 2.26 bits per heavy atom. The van der Waals surface area contributed by atoms with Gasteiger partial charge in [0.15, 0.2) is 0 Å². The molecule has 2 N–H and O–H groups in total. The molecule has 2 amide bonds. The van der Waals surface area contributed by atoms with Crippen molar-refractivity contribution in [1.82, 2.24) is 15.1 Å². The van der Waals surface area contributed by atoms with E-state index < -0.39 is 0 Å². The smallest absolute Gasteiger partial charge is 0.319 e. The summed E-state index contributed by atoms with van der Waals surface area (Å²) >= 11 is 0. The van der Waals surface area contributed by atoms with Gasteiger partial charge in [0.25, 0.3) is 0 Å². The maximum Gasteiger partial charge on any atom is 0.319 e. The lowest BCUT2D eigenvalue weighted by Gasteiger charge is -2.09. The number of amides is 2. The maximum absolute atomic E-state index is 11.9. The molecule has 1 heterocycles. The van der Waals surface area contributed by atoms with Gasteiger partial charge >= 0.3 is 6.03 Å². The van der Waals surface area contributed by atoms with Crippen LogP contribution in [0.25, 0.3) is 5.69 Å². The van der Waals surface area contributed by atoms with E-state index in [1.54, 1.807) is 10.9 Å². The molecule has 0 bridgehead atoms. The minimum atomic E-state index is -0.204. The average Bonchev–Trinajstić information content (AvgIpc) is 3.21. The van der Waals surface area contributed by atoms with E-state index in [0.717, 1.165) is 30.3 Å². The molecule has 0 saturated heterocycles. The molecule has 1 aromatic carbocycles. The van der Waals surface area contributed by atoms with Crippen LogP contribution >= 0.6 is 0 Å². The number of rotatable bonds is 8. The van der Waals surface area contributed by atoms with Gasteiger partial charge in [-0.05, 0) is 49.4 Å². The summed E-state index contributed by atoms with van der Waals surface area (Å²) in [5.41, 5.74) is 1.64. The van der Waals surface area contributed by atoms with Crippen molar-refractivity contribution in [2.24, 2.45) is 5.92 Å². The fourth-order valence-electron chi connectivity index (χ4n) is 2.23. The lowest BCUT2D eigenvalue weighted by Crippen LogP contribution is -2.30. The van der Waals surface area contributed by atoms with Gasteiger partial charge in [-0.25, -0.2) is 9.48 Å². The fraction of sp³-hybridized carbons (Fsp3) is 0.412. The molecule has 0 aliphatic heterocycles. The van der Waals surface area contributed by atoms with E-state index in [9.17, 15) is 4.79 Å². The summed E-state index contributed by atoms with van der Waals surface area (Å²) in [7, 11) is 0. The van der Waals surface area contributed by atoms with Crippen LogP contribution in [-0.4, -0.2) is 35.6 Å². The average molecular weight is 314 g/mol. The highest BCUT2D eigenvalue weighted by Gasteiger charge is 2.20. The lowest BCUT2D eigenvalue weighted by molar-refractivity contribution is 0.122. The normalized spacial score (nSPS) is 13.7. The molecule has 6 nitrogen and oxygen atoms in total. The number of nitrogens with zero attached hydrogens (tertiary/aromatic N) is 2. The summed E-state index contributed by atoms with van der Waals surface area (Å²) in [6.45, 7) is 2.17. The van der Waals surface area contributed by atoms with Crippen LogP contribution in [0, 0.1) is 5.92 Å². The fourth-order valence-corrected chi connectivity index (χ4v) is 2.23. The molecule has 0 spiro atoms. The first-order valence-electron chi connectivity index (χ1n) is 8.04. The lowest BCUT2D eigenvalue weighted by atomic mass is 10.3. The minimum absolute atomic E-state index is 0.204. The third-order valence-corrected chi connectivity index (χ3v) is 3.67. The van der Waals surface area contributed by atoms with Crippen molar-refractivity contribution in [3.05, 3.63) is 42.7 Å². The second-order valence-corrected chi connectivity index (χ2v) is 5.75. The number of nitrogens with one attached hydrogen (secondary N) is 2. The van der Waals surface area contributed by atoms with Crippen LogP contribution < -0.4 is 10.6 Å². The van der Waals surface area contributed by atoms with E-state index in [-0.39, 0.29) is 6.03 Å². The molecule has 0 unspecified atom stereocenters. The molecule has 0 radical (unpaired) electrons. The summed E-state index contributed by atoms with van der Waals surface area (Å²) in [5, 5.41) is 9.84. The van der Waals surface area contributed by atoms with E-state index in [0.29, 0.717) is 13.2 Å². The molecule has 1 aliphatic rings. The Balaban J connectivity index is 1.38. The largest absolute Gasteiger partial charge is 0.381 e. The van der Waals surface area contributed by atoms with Crippen molar-refractivity contribution in [3.8, 4) is 5.69 Å². The Labute approximate surface area is 135 Å². The van der Waals surface area contributed by atoms with Gasteiger partial charge in [0.05, 0.1) is 5.69 Å². The highest BCUT2D eigenvalue weighted by Crippen LogP contribution is 2.28. The number of ether oxygens (including phenoxy) is 1. The first-order valence-corrected chi connectivity index (χ1v) is 8.04. The molecule has 1 fully saturated rings. The predicted octanol–water partition coefficient (Wildman–Crippen LogP) is 2.81. The molecule has 0 atom stereocenters. The Bertz CT molecular complexity index is 623. The van der Waals surface area contributed by atoms with Crippen LogP contribution in [0.2, 0.25) is 0 Å². The minimum Gasteiger partial charge on any atom is -0.381 e. The number of anilines is 1. The van der Waals surface area contributed by atoms with Crippen LogP contribution in [-0.2, 0) is 4.74 Å². The van der Waals surface area contributed by atoms with E-state index >= 15 is 0 Å². The van der Waals surface area contributed by atoms with Gasteiger partial charge in [-0.3, -0.25) is 0 Å². The SMILES string of the molecule is O=C(NCCCOCC1CC1)Nc1cccc(-n2cccn2)c1. The molecule has 1 aromatic heterocycles. The second kappa shape index (κ2) is 7.78. The van der Waals surface area contributed by atoms with Crippen LogP contribution in [0.4, 0.5) is 10.5 Å². The van der Waals surface area contributed by atoms with E-state index in [1.807, 2.05) is 36.5 Å². The van der Waals surface area contributed by atoms with Gasteiger partial charge in [0.2, 0.25) is 0 Å². The molecule has 2 aromatic rings. The quantitative estimate of drug-likeness (QED) is 0.736. The van der Waals surface area contributed by atoms with Gasteiger partial charge in [-0.2, -0.15) is 5.10 Å². The van der Waals surface area contributed by atoms with Gasteiger partial charge in [0.1, 0.15) is 0 Å². The number of benzene rings is 1. The third-order valence-electron chi connectivity index (χ3n) is 3.67. The van der Waals surface area contributed by atoms with Crippen molar-refractivity contribution in [3.63, 3.8) is 0 Å². The van der Waals surface area contributed by atoms with Gasteiger partial charge in [-0.1, -0.05) is 6.07 Å². The number of urea groups is 1. The van der Waals surface area contributed by atoms with Crippen molar-refractivity contribution < 1.29 is 9.53 Å². The molecule has 122 valence electrons. The van der Waals surface area contributed by atoms with Gasteiger partial charge < -0.3 is 15.4 Å². The zero-order valence-electron chi connectivity index (χ0n) is 13.1. The summed E-state index contributed by atoms with van der Waals surface area (Å²) in [5.74, 6) is 0.785. The molecule has 6 heteroatoms. The summed E-state index contributed by atoms with van der Waals surface area (Å²) in [6, 6.07) is 9.21. The number of hydrogen-bond donors (Lipinski definition) is 2. The Hall–Kier alpha value is -2.34. The Morgan fingerprint density at radius 1 is 1.35 bits per heavy atom. The van der Waals surface area contributed by atoms with Crippen molar-refractivity contribution in [1.29, 1.82) is 0 Å². The van der Waals surface area contributed by atoms with Crippen LogP contribution in [0.3, 0.4) is 0 Å². The molecule has 23 heavy (non-hydrogen) atoms. The standard InChI is InChI=1S/C17H22N4O2/c22-17(18-8-3-11-23-13-14-6-7-14)20-15-4-1-5-16(12-15)21-10-2-9-19-21/h1-2,4-5,9-10,12,14H,3,6-8,11,13H2,(H2,18,20,22). The van der Waals surface area contributed by atoms with Crippen molar-refractivity contribution in [2.75, 3.05) is 25.1 Å². The molecular formula is C17H22N4O2. The van der Waals surface area contributed by atoms with Crippen molar-refractivity contribution >= 4 is 11.7 Å². The Morgan fingerprint density at radius 3 is 3.04 bits per heavy atom. The molecule has 1 saturated carbocycles. The van der Waals surface area contributed by atoms with E-state index in [4.69, 9.17) is 4.74 Å². The number of carbonyl (C=O) groups excluding carboxylic acids is 1. The number of carbonyl (C=O) groups is 1. The monoisotopic (exact) mass is 314 g/mol. The third kappa shape index (κ3) is 5.10. The van der Waals surface area contributed by atoms with Crippen LogP contribution in [0.5, 0.6) is 0 Å². The highest BCUT2D eigenvalue weighted by molar-refractivity contribution is 5.89.